The maximum atomic E-state index is 14.3. The van der Waals surface area contributed by atoms with Gasteiger partial charge in [0, 0.05) is 17.9 Å². The summed E-state index contributed by atoms with van der Waals surface area (Å²) in [5.74, 6) is 1.10. The van der Waals surface area contributed by atoms with E-state index in [2.05, 4.69) is 35.7 Å². The summed E-state index contributed by atoms with van der Waals surface area (Å²) < 4.78 is 48.1. The van der Waals surface area contributed by atoms with Gasteiger partial charge in [-0.3, -0.25) is 0 Å². The summed E-state index contributed by atoms with van der Waals surface area (Å²) in [6, 6.07) is 16.9. The Hall–Kier alpha value is -4.25. The summed E-state index contributed by atoms with van der Waals surface area (Å²) in [6.45, 7) is 11.9. The molecule has 2 heterocycles. The number of aromatic nitrogens is 4. The average molecular weight is 592 g/mol. The summed E-state index contributed by atoms with van der Waals surface area (Å²) in [5.41, 5.74) is -1.03. The molecule has 0 N–H and O–H groups in total. The van der Waals surface area contributed by atoms with Crippen LogP contribution in [0, 0.1) is 5.41 Å². The third-order valence-electron chi connectivity index (χ3n) is 6.04. The lowest BCUT2D eigenvalue weighted by Gasteiger charge is -2.36. The Morgan fingerprint density at radius 3 is 2.00 bits per heavy atom. The van der Waals surface area contributed by atoms with Crippen LogP contribution in [-0.2, 0) is 10.0 Å². The van der Waals surface area contributed by atoms with E-state index >= 15 is 0 Å². The fourth-order valence-electron chi connectivity index (χ4n) is 4.01. The van der Waals surface area contributed by atoms with Crippen LogP contribution in [0.2, 0.25) is 0 Å². The zero-order chi connectivity index (χ0) is 30.5. The molecule has 42 heavy (non-hydrogen) atoms. The Balaban J connectivity index is 2.03. The van der Waals surface area contributed by atoms with Crippen molar-refractivity contribution in [3.63, 3.8) is 0 Å². The number of rotatable bonds is 10. The number of nitrogens with zero attached hydrogens (tertiary/aromatic N) is 5. The van der Waals surface area contributed by atoms with E-state index in [0.29, 0.717) is 17.9 Å². The number of hydrogen-bond acceptors (Lipinski definition) is 9. The molecule has 0 fully saturated rings. The van der Waals surface area contributed by atoms with E-state index in [1.165, 1.54) is 23.5 Å². The summed E-state index contributed by atoms with van der Waals surface area (Å²) >= 11 is 0. The van der Waals surface area contributed by atoms with Crippen molar-refractivity contribution in [1.82, 2.24) is 19.9 Å². The van der Waals surface area contributed by atoms with Crippen molar-refractivity contribution >= 4 is 15.8 Å². The minimum atomic E-state index is -4.17. The summed E-state index contributed by atoms with van der Waals surface area (Å²) in [4.78, 5) is 18.1. The molecule has 0 saturated heterocycles. The van der Waals surface area contributed by atoms with Gasteiger partial charge in [-0.1, -0.05) is 51.1 Å². The lowest BCUT2D eigenvalue weighted by molar-refractivity contribution is 0.229. The first-order valence-corrected chi connectivity index (χ1v) is 15.0. The van der Waals surface area contributed by atoms with Crippen molar-refractivity contribution in [2.24, 2.45) is 5.41 Å². The lowest BCUT2D eigenvalue weighted by atomic mass is 9.93. The van der Waals surface area contributed by atoms with Crippen molar-refractivity contribution in [3.8, 4) is 34.8 Å². The predicted molar refractivity (Wildman–Crippen MR) is 162 cm³/mol. The second kappa shape index (κ2) is 12.3. The van der Waals surface area contributed by atoms with Gasteiger partial charge in [-0.2, -0.15) is 4.98 Å². The van der Waals surface area contributed by atoms with Crippen LogP contribution in [0.15, 0.2) is 78.0 Å². The van der Waals surface area contributed by atoms with Crippen molar-refractivity contribution < 1.29 is 22.6 Å². The third-order valence-corrected chi connectivity index (χ3v) is 8.11. The molecule has 0 saturated carbocycles. The van der Waals surface area contributed by atoms with Crippen LogP contribution >= 0.6 is 0 Å². The van der Waals surface area contributed by atoms with Crippen LogP contribution in [0.1, 0.15) is 48.0 Å². The number of methoxy groups -OCH3 is 1. The largest absolute Gasteiger partial charge is 0.493 e. The van der Waals surface area contributed by atoms with Gasteiger partial charge in [0.1, 0.15) is 0 Å². The summed E-state index contributed by atoms with van der Waals surface area (Å²) in [6.07, 6.45) is 3.82. The van der Waals surface area contributed by atoms with Gasteiger partial charge < -0.3 is 14.2 Å². The second-order valence-corrected chi connectivity index (χ2v) is 13.5. The molecule has 10 nitrogen and oxygen atoms in total. The van der Waals surface area contributed by atoms with E-state index in [1.807, 2.05) is 0 Å². The highest BCUT2D eigenvalue weighted by molar-refractivity contribution is 7.92. The van der Waals surface area contributed by atoms with Gasteiger partial charge in [-0.05, 0) is 62.9 Å². The standard InChI is InChI=1S/C31H37N5O5S/c1-30(2,3)18-21-40-29-25(41-24-17-12-11-16-23(24)39-7)28(34-27(35-29)26-32-19-13-20-33-26)36(31(4,5)6)42(37,38)22-14-9-8-10-15-22/h8-17,19-20H,18,21H2,1-7H3. The van der Waals surface area contributed by atoms with E-state index in [-0.39, 0.29) is 46.0 Å². The first-order chi connectivity index (χ1) is 19.8. The Morgan fingerprint density at radius 1 is 0.786 bits per heavy atom. The van der Waals surface area contributed by atoms with Gasteiger partial charge in [0.2, 0.25) is 11.6 Å². The van der Waals surface area contributed by atoms with E-state index in [1.54, 1.807) is 81.7 Å². The van der Waals surface area contributed by atoms with Crippen LogP contribution in [0.3, 0.4) is 0 Å². The fraction of sp³-hybridized carbons (Fsp3) is 0.355. The van der Waals surface area contributed by atoms with Gasteiger partial charge in [0.15, 0.2) is 23.1 Å². The molecule has 2 aromatic carbocycles. The SMILES string of the molecule is COc1ccccc1Oc1c(OCCC(C)(C)C)nc(-c2ncccn2)nc1N(C(C)(C)C)S(=O)(=O)c1ccccc1. The molecule has 11 heteroatoms. The first-order valence-electron chi connectivity index (χ1n) is 13.5. The van der Waals surface area contributed by atoms with E-state index in [9.17, 15) is 8.42 Å². The molecule has 0 aliphatic heterocycles. The fourth-order valence-corrected chi connectivity index (χ4v) is 5.80. The van der Waals surface area contributed by atoms with Gasteiger partial charge in [-0.15, -0.1) is 0 Å². The molecule has 0 bridgehead atoms. The molecule has 0 aliphatic carbocycles. The molecule has 0 unspecified atom stereocenters. The maximum Gasteiger partial charge on any atom is 0.266 e. The number of hydrogen-bond donors (Lipinski definition) is 0. The lowest BCUT2D eigenvalue weighted by Crippen LogP contribution is -2.46. The highest BCUT2D eigenvalue weighted by atomic mass is 32.2. The average Bonchev–Trinajstić information content (AvgIpc) is 2.94. The van der Waals surface area contributed by atoms with Crippen LogP contribution in [0.4, 0.5) is 5.82 Å². The van der Waals surface area contributed by atoms with Gasteiger partial charge in [0.25, 0.3) is 15.9 Å². The maximum absolute atomic E-state index is 14.3. The van der Waals surface area contributed by atoms with Crippen molar-refractivity contribution in [3.05, 3.63) is 73.1 Å². The molecular weight excluding hydrogens is 554 g/mol. The van der Waals surface area contributed by atoms with Gasteiger partial charge in [-0.25, -0.2) is 27.7 Å². The normalized spacial score (nSPS) is 12.1. The Morgan fingerprint density at radius 2 is 1.40 bits per heavy atom. The number of para-hydroxylation sites is 2. The molecule has 4 rings (SSSR count). The van der Waals surface area contributed by atoms with E-state index < -0.39 is 15.6 Å². The molecule has 0 aliphatic rings. The van der Waals surface area contributed by atoms with Crippen LogP contribution in [0.5, 0.6) is 23.1 Å². The number of benzene rings is 2. The first kappa shape index (κ1) is 30.7. The molecule has 0 amide bonds. The van der Waals surface area contributed by atoms with Crippen molar-refractivity contribution in [2.75, 3.05) is 18.0 Å². The Labute approximate surface area is 247 Å². The van der Waals surface area contributed by atoms with Crippen LogP contribution < -0.4 is 18.5 Å². The Kier molecular flexibility index (Phi) is 9.00. The van der Waals surface area contributed by atoms with E-state index in [0.717, 1.165) is 0 Å². The topological polar surface area (TPSA) is 117 Å². The number of ether oxygens (including phenoxy) is 3. The Bertz CT molecular complexity index is 1600. The molecule has 0 radical (unpaired) electrons. The molecule has 4 aromatic rings. The van der Waals surface area contributed by atoms with Crippen molar-refractivity contribution in [1.29, 1.82) is 0 Å². The van der Waals surface area contributed by atoms with Crippen LogP contribution in [-0.4, -0.2) is 47.6 Å². The summed E-state index contributed by atoms with van der Waals surface area (Å²) in [5, 5.41) is 0. The summed E-state index contributed by atoms with van der Waals surface area (Å²) in [7, 11) is -2.64. The highest BCUT2D eigenvalue weighted by Crippen LogP contribution is 2.45. The van der Waals surface area contributed by atoms with Gasteiger partial charge in [0.05, 0.1) is 18.6 Å². The molecular formula is C31H37N5O5S. The van der Waals surface area contributed by atoms with Crippen LogP contribution in [0.25, 0.3) is 11.6 Å². The van der Waals surface area contributed by atoms with Gasteiger partial charge >= 0.3 is 0 Å². The zero-order valence-electron chi connectivity index (χ0n) is 25.0. The molecule has 222 valence electrons. The minimum Gasteiger partial charge on any atom is -0.493 e. The molecule has 0 spiro atoms. The highest BCUT2D eigenvalue weighted by Gasteiger charge is 2.40. The van der Waals surface area contributed by atoms with E-state index in [4.69, 9.17) is 19.2 Å². The monoisotopic (exact) mass is 591 g/mol. The number of anilines is 1. The molecule has 0 atom stereocenters. The third kappa shape index (κ3) is 7.14. The zero-order valence-corrected chi connectivity index (χ0v) is 25.8. The predicted octanol–water partition coefficient (Wildman–Crippen LogP) is 6.54. The quantitative estimate of drug-likeness (QED) is 0.202. The minimum absolute atomic E-state index is 0.0162. The van der Waals surface area contributed by atoms with Crippen molar-refractivity contribution in [2.45, 2.75) is 58.4 Å². The molecule has 2 aromatic heterocycles. The number of sulfonamides is 1. The second-order valence-electron chi connectivity index (χ2n) is 11.7. The smallest absolute Gasteiger partial charge is 0.266 e.